The Hall–Kier alpha value is -0.160. The molecule has 4 fully saturated rings. The molecule has 0 amide bonds. The zero-order chi connectivity index (χ0) is 18.8. The standard InChI is InChI=1S/C23H42N2O2/c1-17-6-9-24(10-7-17)20-14-23(15-20)27-16-21-12-18(2)8-11-25(21)19-4-5-22(13-19)26-3/h17-23H,4-16H2,1-3H3/t18-,19?,20?,21?,22?,23?/m1/s1. The molecule has 0 N–H and O–H groups in total. The van der Waals surface area contributed by atoms with E-state index in [0.717, 1.165) is 30.5 Å². The van der Waals surface area contributed by atoms with Gasteiger partial charge < -0.3 is 14.4 Å². The predicted molar refractivity (Wildman–Crippen MR) is 110 cm³/mol. The van der Waals surface area contributed by atoms with Gasteiger partial charge in [0.15, 0.2) is 0 Å². The van der Waals surface area contributed by atoms with Crippen molar-refractivity contribution in [3.63, 3.8) is 0 Å². The van der Waals surface area contributed by atoms with Crippen LogP contribution in [0.3, 0.4) is 0 Å². The van der Waals surface area contributed by atoms with Crippen molar-refractivity contribution in [3.8, 4) is 0 Å². The van der Waals surface area contributed by atoms with Gasteiger partial charge in [0, 0.05) is 25.2 Å². The maximum Gasteiger partial charge on any atom is 0.0625 e. The Bertz CT molecular complexity index is 459. The van der Waals surface area contributed by atoms with Crippen LogP contribution in [0.1, 0.15) is 71.6 Å². The third-order valence-electron chi connectivity index (χ3n) is 8.11. The first kappa shape index (κ1) is 20.1. The van der Waals surface area contributed by atoms with Crippen molar-refractivity contribution in [3.05, 3.63) is 0 Å². The molecule has 0 aromatic rings. The van der Waals surface area contributed by atoms with E-state index in [2.05, 4.69) is 23.6 Å². The van der Waals surface area contributed by atoms with E-state index in [1.165, 1.54) is 77.4 Å². The lowest BCUT2D eigenvalue weighted by Crippen LogP contribution is -2.53. The second-order valence-electron chi connectivity index (χ2n) is 10.1. The van der Waals surface area contributed by atoms with E-state index in [9.17, 15) is 0 Å². The molecule has 3 unspecified atom stereocenters. The van der Waals surface area contributed by atoms with Gasteiger partial charge in [-0.25, -0.2) is 0 Å². The molecule has 2 aliphatic heterocycles. The molecule has 4 rings (SSSR count). The van der Waals surface area contributed by atoms with Crippen LogP contribution in [0, 0.1) is 11.8 Å². The van der Waals surface area contributed by atoms with Crippen LogP contribution in [0.4, 0.5) is 0 Å². The van der Waals surface area contributed by atoms with Crippen LogP contribution in [-0.2, 0) is 9.47 Å². The molecule has 0 spiro atoms. The maximum atomic E-state index is 6.45. The van der Waals surface area contributed by atoms with Gasteiger partial charge in [-0.15, -0.1) is 0 Å². The van der Waals surface area contributed by atoms with Gasteiger partial charge in [-0.3, -0.25) is 4.90 Å². The molecule has 0 aromatic carbocycles. The molecular weight excluding hydrogens is 336 g/mol. The lowest BCUT2D eigenvalue weighted by Gasteiger charge is -2.47. The van der Waals surface area contributed by atoms with Crippen molar-refractivity contribution < 1.29 is 9.47 Å². The SMILES string of the molecule is COC1CCC(N2CC[C@@H](C)CC2COC2CC(N3CCC(C)CC3)C2)C1. The van der Waals surface area contributed by atoms with Gasteiger partial charge in [0.05, 0.1) is 18.8 Å². The van der Waals surface area contributed by atoms with Gasteiger partial charge in [-0.1, -0.05) is 13.8 Å². The molecule has 27 heavy (non-hydrogen) atoms. The molecule has 0 aromatic heterocycles. The van der Waals surface area contributed by atoms with Gasteiger partial charge in [-0.2, -0.15) is 0 Å². The fourth-order valence-electron chi connectivity index (χ4n) is 5.96. The van der Waals surface area contributed by atoms with Gasteiger partial charge in [-0.05, 0) is 89.3 Å². The van der Waals surface area contributed by atoms with Crippen molar-refractivity contribution in [2.24, 2.45) is 11.8 Å². The lowest BCUT2D eigenvalue weighted by molar-refractivity contribution is -0.0849. The molecule has 0 bridgehead atoms. The Balaban J connectivity index is 1.22. The average Bonchev–Trinajstić information content (AvgIpc) is 3.11. The van der Waals surface area contributed by atoms with Crippen molar-refractivity contribution in [1.82, 2.24) is 9.80 Å². The van der Waals surface area contributed by atoms with E-state index >= 15 is 0 Å². The number of hydrogen-bond donors (Lipinski definition) is 0. The normalized spacial score (nSPS) is 42.3. The van der Waals surface area contributed by atoms with E-state index in [1.54, 1.807) is 0 Å². The predicted octanol–water partition coefficient (Wildman–Crippen LogP) is 3.93. The van der Waals surface area contributed by atoms with Crippen molar-refractivity contribution in [1.29, 1.82) is 0 Å². The molecule has 2 saturated heterocycles. The van der Waals surface area contributed by atoms with E-state index in [1.807, 2.05) is 7.11 Å². The summed E-state index contributed by atoms with van der Waals surface area (Å²) in [4.78, 5) is 5.53. The van der Waals surface area contributed by atoms with Gasteiger partial charge >= 0.3 is 0 Å². The van der Waals surface area contributed by atoms with Crippen LogP contribution in [-0.4, -0.2) is 73.5 Å². The second kappa shape index (κ2) is 9.11. The lowest BCUT2D eigenvalue weighted by atomic mass is 9.85. The monoisotopic (exact) mass is 378 g/mol. The third kappa shape index (κ3) is 4.88. The number of rotatable bonds is 6. The summed E-state index contributed by atoms with van der Waals surface area (Å²) in [5, 5.41) is 0. The largest absolute Gasteiger partial charge is 0.381 e. The summed E-state index contributed by atoms with van der Waals surface area (Å²) in [6.45, 7) is 9.67. The third-order valence-corrected chi connectivity index (χ3v) is 8.11. The summed E-state index contributed by atoms with van der Waals surface area (Å²) in [6, 6.07) is 2.16. The van der Waals surface area contributed by atoms with Crippen LogP contribution in [0.15, 0.2) is 0 Å². The highest BCUT2D eigenvalue weighted by Gasteiger charge is 2.39. The number of ether oxygens (including phenoxy) is 2. The number of piperidine rings is 2. The van der Waals surface area contributed by atoms with Crippen LogP contribution in [0.5, 0.6) is 0 Å². The van der Waals surface area contributed by atoms with Crippen LogP contribution < -0.4 is 0 Å². The summed E-state index contributed by atoms with van der Waals surface area (Å²) in [5.41, 5.74) is 0. The Morgan fingerprint density at radius 2 is 1.44 bits per heavy atom. The summed E-state index contributed by atoms with van der Waals surface area (Å²) in [5.74, 6) is 1.78. The molecule has 0 radical (unpaired) electrons. The van der Waals surface area contributed by atoms with Gasteiger partial charge in [0.1, 0.15) is 0 Å². The number of nitrogens with zero attached hydrogens (tertiary/aromatic N) is 2. The highest BCUT2D eigenvalue weighted by atomic mass is 16.5. The van der Waals surface area contributed by atoms with Crippen LogP contribution >= 0.6 is 0 Å². The van der Waals surface area contributed by atoms with Crippen molar-refractivity contribution in [2.75, 3.05) is 33.4 Å². The van der Waals surface area contributed by atoms with Gasteiger partial charge in [0.2, 0.25) is 0 Å². The average molecular weight is 379 g/mol. The quantitative estimate of drug-likeness (QED) is 0.699. The Morgan fingerprint density at radius 3 is 2.15 bits per heavy atom. The Kier molecular flexibility index (Phi) is 6.79. The molecule has 156 valence electrons. The molecule has 4 atom stereocenters. The maximum absolute atomic E-state index is 6.45. The minimum Gasteiger partial charge on any atom is -0.381 e. The van der Waals surface area contributed by atoms with E-state index in [4.69, 9.17) is 9.47 Å². The topological polar surface area (TPSA) is 24.9 Å². The number of methoxy groups -OCH3 is 1. The van der Waals surface area contributed by atoms with E-state index < -0.39 is 0 Å². The highest BCUT2D eigenvalue weighted by molar-refractivity contribution is 4.93. The first-order chi connectivity index (χ1) is 13.1. The molecule has 2 heterocycles. The van der Waals surface area contributed by atoms with Crippen LogP contribution in [0.25, 0.3) is 0 Å². The van der Waals surface area contributed by atoms with E-state index in [-0.39, 0.29) is 0 Å². The fraction of sp³-hybridized carbons (Fsp3) is 1.00. The zero-order valence-corrected chi connectivity index (χ0v) is 17.9. The smallest absolute Gasteiger partial charge is 0.0625 e. The minimum absolute atomic E-state index is 0.482. The fourth-order valence-corrected chi connectivity index (χ4v) is 5.96. The molecule has 2 aliphatic carbocycles. The summed E-state index contributed by atoms with van der Waals surface area (Å²) >= 11 is 0. The highest BCUT2D eigenvalue weighted by Crippen LogP contribution is 2.35. The summed E-state index contributed by atoms with van der Waals surface area (Å²) < 4.78 is 12.1. The Labute approximate surface area is 166 Å². The number of likely N-dealkylation sites (tertiary alicyclic amines) is 2. The molecule has 4 aliphatic rings. The van der Waals surface area contributed by atoms with Crippen molar-refractivity contribution in [2.45, 2.75) is 102 Å². The molecule has 4 heteroatoms. The minimum atomic E-state index is 0.482. The summed E-state index contributed by atoms with van der Waals surface area (Å²) in [6.07, 6.45) is 12.7. The van der Waals surface area contributed by atoms with Crippen LogP contribution in [0.2, 0.25) is 0 Å². The van der Waals surface area contributed by atoms with Crippen molar-refractivity contribution >= 4 is 0 Å². The van der Waals surface area contributed by atoms with E-state index in [0.29, 0.717) is 18.2 Å². The first-order valence-corrected chi connectivity index (χ1v) is 11.8. The van der Waals surface area contributed by atoms with Gasteiger partial charge in [0.25, 0.3) is 0 Å². The zero-order valence-electron chi connectivity index (χ0n) is 17.9. The first-order valence-electron chi connectivity index (χ1n) is 11.8. The number of hydrogen-bond acceptors (Lipinski definition) is 4. The molecule has 2 saturated carbocycles. The molecular formula is C23H42N2O2. The summed E-state index contributed by atoms with van der Waals surface area (Å²) in [7, 11) is 1.88. The Morgan fingerprint density at radius 1 is 0.741 bits per heavy atom. The molecule has 4 nitrogen and oxygen atoms in total. The second-order valence-corrected chi connectivity index (χ2v) is 10.1.